The van der Waals surface area contributed by atoms with Crippen LogP contribution in [0.1, 0.15) is 34.0 Å². The molecule has 0 unspecified atom stereocenters. The molecule has 160 valence electrons. The number of carbonyl (C=O) groups excluding carboxylic acids is 1. The van der Waals surface area contributed by atoms with E-state index in [4.69, 9.17) is 4.74 Å². The molecular formula is C25H25FN2O3. The summed E-state index contributed by atoms with van der Waals surface area (Å²) in [6.07, 6.45) is 4.39. The molecule has 1 N–H and O–H groups in total. The molecule has 2 heterocycles. The molecule has 0 saturated heterocycles. The van der Waals surface area contributed by atoms with Crippen LogP contribution in [0.15, 0.2) is 67.0 Å². The Labute approximate surface area is 181 Å². The van der Waals surface area contributed by atoms with E-state index in [1.165, 1.54) is 6.07 Å². The minimum Gasteiger partial charge on any atom is -0.487 e. The highest BCUT2D eigenvalue weighted by Gasteiger charge is 2.36. The second-order valence-electron chi connectivity index (χ2n) is 8.13. The number of aliphatic hydroxyl groups excluding tert-OH is 1. The molecule has 1 aromatic heterocycles. The Hall–Kier alpha value is -3.25. The van der Waals surface area contributed by atoms with E-state index in [0.29, 0.717) is 30.5 Å². The zero-order chi connectivity index (χ0) is 21.8. The number of aliphatic hydroxyl groups is 1. The van der Waals surface area contributed by atoms with Crippen molar-refractivity contribution in [3.05, 3.63) is 95.1 Å². The fourth-order valence-electron chi connectivity index (χ4n) is 4.06. The van der Waals surface area contributed by atoms with Gasteiger partial charge in [-0.3, -0.25) is 9.78 Å². The lowest BCUT2D eigenvalue weighted by Crippen LogP contribution is -2.33. The van der Waals surface area contributed by atoms with Gasteiger partial charge in [-0.1, -0.05) is 18.2 Å². The van der Waals surface area contributed by atoms with Crippen LogP contribution in [-0.4, -0.2) is 39.7 Å². The van der Waals surface area contributed by atoms with Crippen LogP contribution in [0.5, 0.6) is 5.75 Å². The summed E-state index contributed by atoms with van der Waals surface area (Å²) in [5.74, 6) is 0.324. The van der Waals surface area contributed by atoms with E-state index in [9.17, 15) is 14.3 Å². The largest absolute Gasteiger partial charge is 0.487 e. The van der Waals surface area contributed by atoms with Gasteiger partial charge in [0.2, 0.25) is 0 Å². The molecule has 1 aliphatic heterocycles. The molecule has 0 saturated carbocycles. The molecular weight excluding hydrogens is 395 g/mol. The third kappa shape index (κ3) is 4.75. The lowest BCUT2D eigenvalue weighted by Gasteiger charge is -2.24. The number of hydrogen-bond acceptors (Lipinski definition) is 4. The molecule has 2 aromatic carbocycles. The number of aromatic nitrogens is 1. The zero-order valence-corrected chi connectivity index (χ0v) is 17.4. The molecule has 4 rings (SSSR count). The van der Waals surface area contributed by atoms with Gasteiger partial charge in [-0.25, -0.2) is 4.39 Å². The maximum Gasteiger partial charge on any atom is 0.254 e. The van der Waals surface area contributed by atoms with E-state index in [1.807, 2.05) is 31.2 Å². The van der Waals surface area contributed by atoms with Gasteiger partial charge in [0.05, 0.1) is 6.61 Å². The van der Waals surface area contributed by atoms with Gasteiger partial charge >= 0.3 is 0 Å². The molecule has 0 bridgehead atoms. The first kappa shape index (κ1) is 21.0. The number of carbonyl (C=O) groups is 1. The van der Waals surface area contributed by atoms with Crippen molar-refractivity contribution in [1.82, 2.24) is 9.88 Å². The summed E-state index contributed by atoms with van der Waals surface area (Å²) in [7, 11) is 0. The molecule has 6 heteroatoms. The molecule has 0 spiro atoms. The second kappa shape index (κ2) is 8.86. The van der Waals surface area contributed by atoms with E-state index in [0.717, 1.165) is 16.9 Å². The number of hydrogen-bond donors (Lipinski definition) is 1. The van der Waals surface area contributed by atoms with E-state index >= 15 is 0 Å². The van der Waals surface area contributed by atoms with Gasteiger partial charge in [-0.2, -0.15) is 0 Å². The molecule has 0 aliphatic carbocycles. The Morgan fingerprint density at radius 2 is 1.97 bits per heavy atom. The van der Waals surface area contributed by atoms with Crippen molar-refractivity contribution in [2.45, 2.75) is 31.9 Å². The Kier molecular flexibility index (Phi) is 6.00. The Balaban J connectivity index is 1.52. The van der Waals surface area contributed by atoms with Crippen molar-refractivity contribution in [3.8, 4) is 5.75 Å². The SMILES string of the molecule is C[C@]1(Cc2ccccc2F)Cc2cc(C(=O)N(CCO)Cc3ccncc3)ccc2O1. The Morgan fingerprint density at radius 1 is 1.19 bits per heavy atom. The number of pyridine rings is 1. The molecule has 1 amide bonds. The number of amides is 1. The van der Waals surface area contributed by atoms with Crippen LogP contribution < -0.4 is 4.74 Å². The summed E-state index contributed by atoms with van der Waals surface area (Å²) in [6, 6.07) is 15.8. The predicted molar refractivity (Wildman–Crippen MR) is 115 cm³/mol. The van der Waals surface area contributed by atoms with E-state index < -0.39 is 5.60 Å². The minimum absolute atomic E-state index is 0.119. The summed E-state index contributed by atoms with van der Waals surface area (Å²) < 4.78 is 20.3. The van der Waals surface area contributed by atoms with Crippen LogP contribution in [0.25, 0.3) is 0 Å². The highest BCUT2D eigenvalue weighted by Crippen LogP contribution is 2.38. The summed E-state index contributed by atoms with van der Waals surface area (Å²) in [6.45, 7) is 2.47. The third-order valence-corrected chi connectivity index (χ3v) is 5.53. The topological polar surface area (TPSA) is 62.7 Å². The fourth-order valence-corrected chi connectivity index (χ4v) is 4.06. The molecule has 1 atom stereocenters. The highest BCUT2D eigenvalue weighted by atomic mass is 19.1. The predicted octanol–water partition coefficient (Wildman–Crippen LogP) is 3.79. The van der Waals surface area contributed by atoms with Crippen molar-refractivity contribution in [3.63, 3.8) is 0 Å². The zero-order valence-electron chi connectivity index (χ0n) is 17.4. The van der Waals surface area contributed by atoms with E-state index in [1.54, 1.807) is 41.6 Å². The number of fused-ring (bicyclic) bond motifs is 1. The molecule has 5 nitrogen and oxygen atoms in total. The quantitative estimate of drug-likeness (QED) is 0.632. The number of nitrogens with zero attached hydrogens (tertiary/aromatic N) is 2. The number of ether oxygens (including phenoxy) is 1. The second-order valence-corrected chi connectivity index (χ2v) is 8.13. The van der Waals surface area contributed by atoms with Crippen LogP contribution in [0, 0.1) is 5.82 Å². The van der Waals surface area contributed by atoms with Gasteiger partial charge < -0.3 is 14.7 Å². The van der Waals surface area contributed by atoms with Crippen molar-refractivity contribution < 1.29 is 19.0 Å². The standard InChI is InChI=1S/C25H25FN2O3/c1-25(15-20-4-2-3-5-22(20)26)16-21-14-19(6-7-23(21)31-25)24(30)28(12-13-29)17-18-8-10-27-11-9-18/h2-11,14,29H,12-13,15-17H2,1H3/t25-/m0/s1. The highest BCUT2D eigenvalue weighted by molar-refractivity contribution is 5.94. The van der Waals surface area contributed by atoms with Crippen LogP contribution >= 0.6 is 0 Å². The average molecular weight is 420 g/mol. The van der Waals surface area contributed by atoms with Crippen molar-refractivity contribution in [2.24, 2.45) is 0 Å². The van der Waals surface area contributed by atoms with Crippen molar-refractivity contribution in [1.29, 1.82) is 0 Å². The van der Waals surface area contributed by atoms with E-state index in [2.05, 4.69) is 4.98 Å². The van der Waals surface area contributed by atoms with E-state index in [-0.39, 0.29) is 24.9 Å². The van der Waals surface area contributed by atoms with Gasteiger partial charge in [-0.15, -0.1) is 0 Å². The number of rotatable bonds is 7. The molecule has 0 fully saturated rings. The van der Waals surface area contributed by atoms with Gasteiger partial charge in [0.25, 0.3) is 5.91 Å². The Morgan fingerprint density at radius 3 is 2.71 bits per heavy atom. The van der Waals surface area contributed by atoms with Gasteiger partial charge in [0.1, 0.15) is 17.2 Å². The molecule has 3 aromatic rings. The van der Waals surface area contributed by atoms with Gasteiger partial charge in [0, 0.05) is 43.9 Å². The monoisotopic (exact) mass is 420 g/mol. The normalized spacial score (nSPS) is 17.1. The average Bonchev–Trinajstić information content (AvgIpc) is 3.10. The molecule has 1 aliphatic rings. The first-order chi connectivity index (χ1) is 15.0. The van der Waals surface area contributed by atoms with Crippen LogP contribution in [-0.2, 0) is 19.4 Å². The van der Waals surface area contributed by atoms with Gasteiger partial charge in [-0.05, 0) is 60.0 Å². The third-order valence-electron chi connectivity index (χ3n) is 5.53. The smallest absolute Gasteiger partial charge is 0.254 e. The van der Waals surface area contributed by atoms with Crippen LogP contribution in [0.3, 0.4) is 0 Å². The summed E-state index contributed by atoms with van der Waals surface area (Å²) in [4.78, 5) is 18.8. The van der Waals surface area contributed by atoms with Crippen molar-refractivity contribution in [2.75, 3.05) is 13.2 Å². The lowest BCUT2D eigenvalue weighted by atomic mass is 9.91. The summed E-state index contributed by atoms with van der Waals surface area (Å²) in [5, 5.41) is 9.44. The maximum atomic E-state index is 14.1. The summed E-state index contributed by atoms with van der Waals surface area (Å²) in [5.41, 5.74) is 2.45. The van der Waals surface area contributed by atoms with Crippen LogP contribution in [0.2, 0.25) is 0 Å². The molecule has 0 radical (unpaired) electrons. The number of halogens is 1. The first-order valence-electron chi connectivity index (χ1n) is 10.3. The maximum absolute atomic E-state index is 14.1. The van der Waals surface area contributed by atoms with Gasteiger partial charge in [0.15, 0.2) is 0 Å². The van der Waals surface area contributed by atoms with Crippen LogP contribution in [0.4, 0.5) is 4.39 Å². The van der Waals surface area contributed by atoms with Crippen molar-refractivity contribution >= 4 is 5.91 Å². The molecule has 31 heavy (non-hydrogen) atoms. The fraction of sp³-hybridized carbons (Fsp3) is 0.280. The summed E-state index contributed by atoms with van der Waals surface area (Å²) >= 11 is 0. The number of benzene rings is 2. The minimum atomic E-state index is -0.575. The lowest BCUT2D eigenvalue weighted by molar-refractivity contribution is 0.0707. The first-order valence-corrected chi connectivity index (χ1v) is 10.3. The Bertz CT molecular complexity index is 1070.